The molecule has 1 fully saturated rings. The van der Waals surface area contributed by atoms with E-state index in [4.69, 9.17) is 32.7 Å². The summed E-state index contributed by atoms with van der Waals surface area (Å²) in [5.41, 5.74) is 2.63. The van der Waals surface area contributed by atoms with E-state index >= 15 is 0 Å². The van der Waals surface area contributed by atoms with Crippen molar-refractivity contribution in [1.82, 2.24) is 9.55 Å². The van der Waals surface area contributed by atoms with Gasteiger partial charge in [-0.25, -0.2) is 0 Å². The third-order valence-electron chi connectivity index (χ3n) is 5.23. The lowest BCUT2D eigenvalue weighted by Crippen LogP contribution is -2.23. The van der Waals surface area contributed by atoms with E-state index in [0.717, 1.165) is 35.4 Å². The van der Waals surface area contributed by atoms with Crippen LogP contribution in [0.2, 0.25) is 10.0 Å². The van der Waals surface area contributed by atoms with Crippen molar-refractivity contribution in [1.29, 1.82) is 0 Å². The van der Waals surface area contributed by atoms with Gasteiger partial charge >= 0.3 is 0 Å². The molecule has 1 atom stereocenters. The maximum absolute atomic E-state index is 11.8. The van der Waals surface area contributed by atoms with Crippen LogP contribution >= 0.6 is 23.2 Å². The number of ether oxygens (including phenoxy) is 2. The lowest BCUT2D eigenvalue weighted by atomic mass is 10.1. The van der Waals surface area contributed by atoms with Crippen molar-refractivity contribution < 1.29 is 9.47 Å². The SMILES string of the molecule is O=c1cc(C2CC2)n2c(n1)OC(COc1ccc(-c3cccc(Cl)c3Cl)cc1)C2. The molecule has 1 unspecified atom stereocenters. The van der Waals surface area contributed by atoms with Gasteiger partial charge in [0.15, 0.2) is 6.10 Å². The van der Waals surface area contributed by atoms with Gasteiger partial charge in [0.25, 0.3) is 11.6 Å². The van der Waals surface area contributed by atoms with E-state index in [9.17, 15) is 4.79 Å². The molecule has 5 nitrogen and oxygen atoms in total. The first-order valence-corrected chi connectivity index (χ1v) is 10.3. The minimum absolute atomic E-state index is 0.177. The van der Waals surface area contributed by atoms with Gasteiger partial charge in [-0.2, -0.15) is 4.98 Å². The second-order valence-electron chi connectivity index (χ2n) is 7.36. The molecule has 3 aromatic rings. The molecule has 0 amide bonds. The van der Waals surface area contributed by atoms with Gasteiger partial charge in [-0.05, 0) is 42.5 Å². The van der Waals surface area contributed by atoms with Crippen molar-refractivity contribution in [2.75, 3.05) is 6.61 Å². The Morgan fingerprint density at radius 2 is 1.93 bits per heavy atom. The number of rotatable bonds is 5. The van der Waals surface area contributed by atoms with Crippen molar-refractivity contribution in [2.24, 2.45) is 0 Å². The minimum Gasteiger partial charge on any atom is -0.490 e. The summed E-state index contributed by atoms with van der Waals surface area (Å²) in [4.78, 5) is 15.8. The average Bonchev–Trinajstić information content (AvgIpc) is 3.48. The highest BCUT2D eigenvalue weighted by molar-refractivity contribution is 6.43. The summed E-state index contributed by atoms with van der Waals surface area (Å²) < 4.78 is 13.8. The molecule has 148 valence electrons. The molecule has 29 heavy (non-hydrogen) atoms. The molecule has 0 bridgehead atoms. The normalized spacial score (nSPS) is 17.7. The summed E-state index contributed by atoms with van der Waals surface area (Å²) in [6.07, 6.45) is 2.06. The summed E-state index contributed by atoms with van der Waals surface area (Å²) in [6, 6.07) is 15.3. The molecule has 2 aromatic carbocycles. The van der Waals surface area contributed by atoms with Gasteiger partial charge in [-0.15, -0.1) is 0 Å². The smallest absolute Gasteiger partial charge is 0.300 e. The van der Waals surface area contributed by atoms with Gasteiger partial charge in [-0.1, -0.05) is 47.5 Å². The number of hydrogen-bond acceptors (Lipinski definition) is 4. The molecular weight excluding hydrogens is 411 g/mol. The molecule has 1 saturated carbocycles. The van der Waals surface area contributed by atoms with Gasteiger partial charge < -0.3 is 9.47 Å². The Labute approximate surface area is 177 Å². The Balaban J connectivity index is 1.26. The second-order valence-corrected chi connectivity index (χ2v) is 8.15. The first-order valence-electron chi connectivity index (χ1n) is 9.54. The summed E-state index contributed by atoms with van der Waals surface area (Å²) in [5, 5.41) is 1.06. The van der Waals surface area contributed by atoms with Crippen LogP contribution in [0.5, 0.6) is 11.8 Å². The highest BCUT2D eigenvalue weighted by Gasteiger charge is 2.33. The van der Waals surface area contributed by atoms with Crippen LogP contribution in [0.15, 0.2) is 53.3 Å². The number of nitrogens with zero attached hydrogens (tertiary/aromatic N) is 2. The average molecular weight is 429 g/mol. The van der Waals surface area contributed by atoms with Gasteiger partial charge in [0.1, 0.15) is 12.4 Å². The van der Waals surface area contributed by atoms with Crippen LogP contribution in [0.25, 0.3) is 11.1 Å². The molecule has 7 heteroatoms. The summed E-state index contributed by atoms with van der Waals surface area (Å²) in [5.74, 6) is 1.19. The van der Waals surface area contributed by atoms with E-state index in [1.165, 1.54) is 0 Å². The number of benzene rings is 2. The molecule has 1 aliphatic carbocycles. The third-order valence-corrected chi connectivity index (χ3v) is 6.05. The first kappa shape index (κ1) is 18.5. The van der Waals surface area contributed by atoms with E-state index in [1.54, 1.807) is 12.1 Å². The highest BCUT2D eigenvalue weighted by atomic mass is 35.5. The van der Waals surface area contributed by atoms with Crippen LogP contribution in [-0.4, -0.2) is 22.3 Å². The van der Waals surface area contributed by atoms with Crippen molar-refractivity contribution in [3.05, 3.63) is 74.6 Å². The Bertz CT molecular complexity index is 1120. The molecule has 0 N–H and O–H groups in total. The van der Waals surface area contributed by atoms with Crippen molar-refractivity contribution in [2.45, 2.75) is 31.4 Å². The highest BCUT2D eigenvalue weighted by Crippen LogP contribution is 2.41. The van der Waals surface area contributed by atoms with E-state index in [2.05, 4.69) is 4.98 Å². The van der Waals surface area contributed by atoms with Gasteiger partial charge in [0.05, 0.1) is 16.6 Å². The number of halogens is 2. The van der Waals surface area contributed by atoms with E-state index in [0.29, 0.717) is 35.1 Å². The number of fused-ring (bicyclic) bond motifs is 1. The maximum Gasteiger partial charge on any atom is 0.300 e. The molecule has 0 radical (unpaired) electrons. The Hall–Kier alpha value is -2.50. The van der Waals surface area contributed by atoms with Gasteiger partial charge in [0.2, 0.25) is 0 Å². The molecule has 2 heterocycles. The fraction of sp³-hybridized carbons (Fsp3) is 0.273. The summed E-state index contributed by atoms with van der Waals surface area (Å²) in [7, 11) is 0. The summed E-state index contributed by atoms with van der Waals surface area (Å²) in [6.45, 7) is 1.02. The monoisotopic (exact) mass is 428 g/mol. The third kappa shape index (κ3) is 3.72. The molecule has 0 spiro atoms. The predicted octanol–water partition coefficient (Wildman–Crippen LogP) is 4.93. The van der Waals surface area contributed by atoms with Crippen LogP contribution < -0.4 is 15.0 Å². The fourth-order valence-corrected chi connectivity index (χ4v) is 4.03. The van der Waals surface area contributed by atoms with E-state index < -0.39 is 0 Å². The molecule has 1 aliphatic heterocycles. The number of aromatic nitrogens is 2. The number of hydrogen-bond donors (Lipinski definition) is 0. The van der Waals surface area contributed by atoms with Crippen LogP contribution in [-0.2, 0) is 6.54 Å². The predicted molar refractivity (Wildman–Crippen MR) is 112 cm³/mol. The Morgan fingerprint density at radius 1 is 1.14 bits per heavy atom. The Kier molecular flexibility index (Phi) is 4.72. The van der Waals surface area contributed by atoms with Crippen LogP contribution in [0.4, 0.5) is 0 Å². The van der Waals surface area contributed by atoms with Crippen LogP contribution in [0.1, 0.15) is 24.5 Å². The first-order chi connectivity index (χ1) is 14.1. The molecule has 2 aliphatic rings. The van der Waals surface area contributed by atoms with Crippen molar-refractivity contribution in [3.8, 4) is 22.9 Å². The fourth-order valence-electron chi connectivity index (χ4n) is 3.62. The van der Waals surface area contributed by atoms with Crippen molar-refractivity contribution >= 4 is 23.2 Å². The largest absolute Gasteiger partial charge is 0.490 e. The standard InChI is InChI=1S/C22H18Cl2N2O3/c23-18-3-1-2-17(21(18)24)13-6-8-15(9-7-13)28-12-16-11-26-19(14-4-5-14)10-20(27)25-22(26)29-16/h1-3,6-10,14,16H,4-5,11-12H2. The lowest BCUT2D eigenvalue weighted by Gasteiger charge is -2.12. The van der Waals surface area contributed by atoms with Crippen molar-refractivity contribution in [3.63, 3.8) is 0 Å². The van der Waals surface area contributed by atoms with E-state index in [-0.39, 0.29) is 11.7 Å². The summed E-state index contributed by atoms with van der Waals surface area (Å²) >= 11 is 12.4. The molecular formula is C22H18Cl2N2O3. The van der Waals surface area contributed by atoms with Crippen LogP contribution in [0.3, 0.4) is 0 Å². The Morgan fingerprint density at radius 3 is 2.69 bits per heavy atom. The lowest BCUT2D eigenvalue weighted by molar-refractivity contribution is 0.143. The van der Waals surface area contributed by atoms with Gasteiger partial charge in [-0.3, -0.25) is 9.36 Å². The van der Waals surface area contributed by atoms with Gasteiger partial charge in [0, 0.05) is 17.3 Å². The van der Waals surface area contributed by atoms with Crippen LogP contribution in [0, 0.1) is 0 Å². The molecule has 1 aromatic heterocycles. The zero-order valence-electron chi connectivity index (χ0n) is 15.5. The van der Waals surface area contributed by atoms with E-state index in [1.807, 2.05) is 41.0 Å². The maximum atomic E-state index is 11.8. The topological polar surface area (TPSA) is 53.4 Å². The quantitative estimate of drug-likeness (QED) is 0.577. The zero-order chi connectivity index (χ0) is 20.0. The minimum atomic E-state index is -0.241. The molecule has 5 rings (SSSR count). The second kappa shape index (κ2) is 7.39. The molecule has 0 saturated heterocycles. The zero-order valence-corrected chi connectivity index (χ0v) is 17.0.